The van der Waals surface area contributed by atoms with E-state index in [2.05, 4.69) is 29.1 Å². The van der Waals surface area contributed by atoms with Crippen LogP contribution in [0.2, 0.25) is 0 Å². The Morgan fingerprint density at radius 3 is 2.88 bits per heavy atom. The molecule has 0 aromatic carbocycles. The molecule has 96 valence electrons. The van der Waals surface area contributed by atoms with E-state index < -0.39 is 0 Å². The Morgan fingerprint density at radius 2 is 2.35 bits per heavy atom. The second-order valence-electron chi connectivity index (χ2n) is 4.52. The number of amides is 1. The Bertz CT molecular complexity index is 320. The number of nitrogens with two attached hydrogens (primary N) is 1. The standard InChI is InChI=1S/C13H22N2OS/c1-3-11(8-14)7-13(16)15-10(2)6-12-4-5-17-9-12/h4-5,9-11H,3,6-8,14H2,1-2H3,(H,15,16). The van der Waals surface area contributed by atoms with Crippen molar-refractivity contribution in [2.45, 2.75) is 39.2 Å². The van der Waals surface area contributed by atoms with Crippen molar-refractivity contribution in [3.05, 3.63) is 22.4 Å². The Hall–Kier alpha value is -0.870. The van der Waals surface area contributed by atoms with Gasteiger partial charge in [0.05, 0.1) is 0 Å². The van der Waals surface area contributed by atoms with Crippen LogP contribution in [0, 0.1) is 5.92 Å². The van der Waals surface area contributed by atoms with Crippen LogP contribution < -0.4 is 11.1 Å². The van der Waals surface area contributed by atoms with Gasteiger partial charge in [0.2, 0.25) is 5.91 Å². The van der Waals surface area contributed by atoms with Crippen LogP contribution in [-0.4, -0.2) is 18.5 Å². The number of hydrogen-bond donors (Lipinski definition) is 2. The van der Waals surface area contributed by atoms with E-state index in [-0.39, 0.29) is 11.9 Å². The summed E-state index contributed by atoms with van der Waals surface area (Å²) >= 11 is 1.69. The minimum Gasteiger partial charge on any atom is -0.353 e. The van der Waals surface area contributed by atoms with Gasteiger partial charge in [-0.15, -0.1) is 0 Å². The van der Waals surface area contributed by atoms with E-state index in [9.17, 15) is 4.79 Å². The maximum atomic E-state index is 11.7. The molecule has 0 fully saturated rings. The molecule has 0 aliphatic carbocycles. The van der Waals surface area contributed by atoms with E-state index in [1.165, 1.54) is 5.56 Å². The van der Waals surface area contributed by atoms with E-state index in [1.54, 1.807) is 11.3 Å². The van der Waals surface area contributed by atoms with Crippen LogP contribution in [-0.2, 0) is 11.2 Å². The van der Waals surface area contributed by atoms with E-state index in [4.69, 9.17) is 5.73 Å². The average Bonchev–Trinajstić information content (AvgIpc) is 2.78. The van der Waals surface area contributed by atoms with E-state index >= 15 is 0 Å². The fourth-order valence-electron chi connectivity index (χ4n) is 1.80. The predicted molar refractivity (Wildman–Crippen MR) is 73.1 cm³/mol. The van der Waals surface area contributed by atoms with Gasteiger partial charge in [-0.2, -0.15) is 11.3 Å². The summed E-state index contributed by atoms with van der Waals surface area (Å²) in [5, 5.41) is 7.21. The molecule has 0 radical (unpaired) electrons. The lowest BCUT2D eigenvalue weighted by molar-refractivity contribution is -0.122. The first-order chi connectivity index (χ1) is 8.15. The van der Waals surface area contributed by atoms with Gasteiger partial charge >= 0.3 is 0 Å². The highest BCUT2D eigenvalue weighted by Gasteiger charge is 2.13. The van der Waals surface area contributed by atoms with Crippen LogP contribution >= 0.6 is 11.3 Å². The van der Waals surface area contributed by atoms with Gasteiger partial charge in [-0.3, -0.25) is 4.79 Å². The van der Waals surface area contributed by atoms with Crippen molar-refractivity contribution in [3.63, 3.8) is 0 Å². The number of nitrogens with one attached hydrogen (secondary N) is 1. The molecule has 1 aromatic rings. The van der Waals surface area contributed by atoms with Crippen molar-refractivity contribution < 1.29 is 4.79 Å². The number of rotatable bonds is 7. The summed E-state index contributed by atoms with van der Waals surface area (Å²) in [7, 11) is 0. The molecule has 0 saturated carbocycles. The topological polar surface area (TPSA) is 55.1 Å². The average molecular weight is 254 g/mol. The van der Waals surface area contributed by atoms with Crippen molar-refractivity contribution in [1.82, 2.24) is 5.32 Å². The first kappa shape index (κ1) is 14.2. The Morgan fingerprint density at radius 1 is 1.59 bits per heavy atom. The van der Waals surface area contributed by atoms with Crippen LogP contribution in [0.3, 0.4) is 0 Å². The van der Waals surface area contributed by atoms with Crippen molar-refractivity contribution >= 4 is 17.2 Å². The maximum Gasteiger partial charge on any atom is 0.220 e. The molecule has 2 atom stereocenters. The summed E-state index contributed by atoms with van der Waals surface area (Å²) in [5.74, 6) is 0.424. The van der Waals surface area contributed by atoms with Gasteiger partial charge in [-0.25, -0.2) is 0 Å². The lowest BCUT2D eigenvalue weighted by Crippen LogP contribution is -2.35. The van der Waals surface area contributed by atoms with Crippen molar-refractivity contribution in [1.29, 1.82) is 0 Å². The smallest absolute Gasteiger partial charge is 0.220 e. The number of hydrogen-bond acceptors (Lipinski definition) is 3. The molecule has 0 spiro atoms. The first-order valence-corrected chi connectivity index (χ1v) is 7.10. The van der Waals surface area contributed by atoms with Crippen LogP contribution in [0.15, 0.2) is 16.8 Å². The van der Waals surface area contributed by atoms with Gasteiger partial charge in [0.15, 0.2) is 0 Å². The summed E-state index contributed by atoms with van der Waals surface area (Å²) < 4.78 is 0. The monoisotopic (exact) mass is 254 g/mol. The molecule has 3 N–H and O–H groups in total. The van der Waals surface area contributed by atoms with Gasteiger partial charge < -0.3 is 11.1 Å². The molecule has 0 aliphatic rings. The lowest BCUT2D eigenvalue weighted by Gasteiger charge is -2.16. The highest BCUT2D eigenvalue weighted by Crippen LogP contribution is 2.09. The summed E-state index contributed by atoms with van der Waals surface area (Å²) in [4.78, 5) is 11.7. The Kier molecular flexibility index (Phi) is 6.22. The van der Waals surface area contributed by atoms with Crippen LogP contribution in [0.4, 0.5) is 0 Å². The van der Waals surface area contributed by atoms with Crippen molar-refractivity contribution in [2.75, 3.05) is 6.54 Å². The highest BCUT2D eigenvalue weighted by atomic mass is 32.1. The molecule has 0 saturated heterocycles. The molecule has 0 aliphatic heterocycles. The van der Waals surface area contributed by atoms with Gasteiger partial charge in [0, 0.05) is 12.5 Å². The number of carbonyl (C=O) groups excluding carboxylic acids is 1. The largest absolute Gasteiger partial charge is 0.353 e. The van der Waals surface area contributed by atoms with Crippen molar-refractivity contribution in [2.24, 2.45) is 11.7 Å². The van der Waals surface area contributed by atoms with E-state index in [1.807, 2.05) is 6.92 Å². The highest BCUT2D eigenvalue weighted by molar-refractivity contribution is 7.07. The zero-order chi connectivity index (χ0) is 12.7. The molecule has 4 heteroatoms. The zero-order valence-electron chi connectivity index (χ0n) is 10.6. The summed E-state index contributed by atoms with van der Waals surface area (Å²) in [6.45, 7) is 4.70. The van der Waals surface area contributed by atoms with E-state index in [0.29, 0.717) is 18.9 Å². The van der Waals surface area contributed by atoms with Gasteiger partial charge in [-0.1, -0.05) is 13.3 Å². The van der Waals surface area contributed by atoms with Gasteiger partial charge in [0.25, 0.3) is 0 Å². The molecule has 3 nitrogen and oxygen atoms in total. The van der Waals surface area contributed by atoms with Crippen molar-refractivity contribution in [3.8, 4) is 0 Å². The second kappa shape index (κ2) is 7.45. The third-order valence-electron chi connectivity index (χ3n) is 2.91. The maximum absolute atomic E-state index is 11.7. The zero-order valence-corrected chi connectivity index (χ0v) is 11.4. The molecular weight excluding hydrogens is 232 g/mol. The Labute approximate surface area is 107 Å². The number of thiophene rings is 1. The normalized spacial score (nSPS) is 14.3. The lowest BCUT2D eigenvalue weighted by atomic mass is 10.0. The number of carbonyl (C=O) groups is 1. The molecular formula is C13H22N2OS. The van der Waals surface area contributed by atoms with Gasteiger partial charge in [0.1, 0.15) is 0 Å². The Balaban J connectivity index is 2.30. The quantitative estimate of drug-likeness (QED) is 0.783. The van der Waals surface area contributed by atoms with Crippen LogP contribution in [0.5, 0.6) is 0 Å². The third kappa shape index (κ3) is 5.33. The SMILES string of the molecule is CCC(CN)CC(=O)NC(C)Cc1ccsc1. The minimum absolute atomic E-state index is 0.116. The molecule has 1 aromatic heterocycles. The minimum atomic E-state index is 0.116. The molecule has 1 amide bonds. The fraction of sp³-hybridized carbons (Fsp3) is 0.615. The summed E-state index contributed by atoms with van der Waals surface area (Å²) in [6.07, 6.45) is 2.40. The van der Waals surface area contributed by atoms with Crippen LogP contribution in [0.1, 0.15) is 32.3 Å². The molecule has 0 bridgehead atoms. The molecule has 2 unspecified atom stereocenters. The fourth-order valence-corrected chi connectivity index (χ4v) is 2.49. The predicted octanol–water partition coefficient (Wildman–Crippen LogP) is 2.17. The molecule has 17 heavy (non-hydrogen) atoms. The molecule has 1 heterocycles. The second-order valence-corrected chi connectivity index (χ2v) is 5.30. The summed E-state index contributed by atoms with van der Waals surface area (Å²) in [6, 6.07) is 2.29. The van der Waals surface area contributed by atoms with Gasteiger partial charge in [-0.05, 0) is 48.2 Å². The third-order valence-corrected chi connectivity index (χ3v) is 3.65. The first-order valence-electron chi connectivity index (χ1n) is 6.16. The van der Waals surface area contributed by atoms with Crippen LogP contribution in [0.25, 0.3) is 0 Å². The van der Waals surface area contributed by atoms with E-state index in [0.717, 1.165) is 12.8 Å². The summed E-state index contributed by atoms with van der Waals surface area (Å²) in [5.41, 5.74) is 6.88. The molecule has 1 rings (SSSR count).